The molecule has 0 aliphatic heterocycles. The summed E-state index contributed by atoms with van der Waals surface area (Å²) in [6.45, 7) is 2.05. The number of nitriles is 1. The van der Waals surface area contributed by atoms with Crippen molar-refractivity contribution in [3.05, 3.63) is 33.3 Å². The summed E-state index contributed by atoms with van der Waals surface area (Å²) in [6.07, 6.45) is 0. The fourth-order valence-electron chi connectivity index (χ4n) is 1.19. The molecule has 0 saturated heterocycles. The molecular weight excluding hydrogens is 338 g/mol. The fourth-order valence-corrected chi connectivity index (χ4v) is 2.21. The Kier molecular flexibility index (Phi) is 4.97. The number of hydrogen-bond donors (Lipinski definition) is 0. The molecule has 0 N–H and O–H groups in total. The zero-order valence-corrected chi connectivity index (χ0v) is 11.8. The first-order chi connectivity index (χ1) is 7.63. The first kappa shape index (κ1) is 13.2. The van der Waals surface area contributed by atoms with Gasteiger partial charge in [-0.3, -0.25) is 0 Å². The van der Waals surface area contributed by atoms with Gasteiger partial charge < -0.3 is 4.74 Å². The van der Waals surface area contributed by atoms with Crippen molar-refractivity contribution >= 4 is 37.8 Å². The number of benzene rings is 1. The molecule has 0 unspecified atom stereocenters. The number of esters is 1. The van der Waals surface area contributed by atoms with Gasteiger partial charge in [0, 0.05) is 9.80 Å². The number of rotatable bonds is 3. The van der Waals surface area contributed by atoms with Gasteiger partial charge in [-0.1, -0.05) is 15.9 Å². The van der Waals surface area contributed by atoms with Crippen molar-refractivity contribution < 1.29 is 9.53 Å². The van der Waals surface area contributed by atoms with Crippen LogP contribution in [0.4, 0.5) is 0 Å². The van der Waals surface area contributed by atoms with Crippen molar-refractivity contribution in [3.8, 4) is 6.07 Å². The molecule has 1 aromatic carbocycles. The Morgan fingerprint density at radius 1 is 1.56 bits per heavy atom. The second-order valence-electron chi connectivity index (χ2n) is 2.96. The number of carbonyl (C=O) groups is 1. The maximum Gasteiger partial charge on any atom is 0.339 e. The van der Waals surface area contributed by atoms with E-state index in [0.717, 1.165) is 5.56 Å². The molecule has 0 spiro atoms. The zero-order chi connectivity index (χ0) is 12.1. The van der Waals surface area contributed by atoms with Crippen LogP contribution in [0.3, 0.4) is 0 Å². The van der Waals surface area contributed by atoms with E-state index in [0.29, 0.717) is 27.5 Å². The third-order valence-corrected chi connectivity index (χ3v) is 3.21. The van der Waals surface area contributed by atoms with Crippen LogP contribution in [-0.4, -0.2) is 12.6 Å². The Labute approximate surface area is 111 Å². The quantitative estimate of drug-likeness (QED) is 0.622. The van der Waals surface area contributed by atoms with Crippen molar-refractivity contribution in [2.75, 3.05) is 6.61 Å². The van der Waals surface area contributed by atoms with E-state index in [9.17, 15) is 4.79 Å². The van der Waals surface area contributed by atoms with E-state index < -0.39 is 5.97 Å². The average molecular weight is 347 g/mol. The van der Waals surface area contributed by atoms with Crippen molar-refractivity contribution in [1.82, 2.24) is 0 Å². The third kappa shape index (κ3) is 2.83. The Balaban J connectivity index is 3.22. The Bertz CT molecular complexity index is 452. The second-order valence-corrected chi connectivity index (χ2v) is 4.37. The predicted octanol–water partition coefficient (Wildman–Crippen LogP) is 3.39. The molecule has 1 aromatic rings. The first-order valence-corrected chi connectivity index (χ1v) is 6.51. The first-order valence-electron chi connectivity index (χ1n) is 4.59. The molecule has 16 heavy (non-hydrogen) atoms. The van der Waals surface area contributed by atoms with E-state index in [1.54, 1.807) is 19.1 Å². The molecule has 0 atom stereocenters. The number of hydrogen-bond acceptors (Lipinski definition) is 3. The van der Waals surface area contributed by atoms with Crippen LogP contribution >= 0.6 is 31.9 Å². The van der Waals surface area contributed by atoms with Gasteiger partial charge in [0.2, 0.25) is 0 Å². The van der Waals surface area contributed by atoms with Gasteiger partial charge in [0.15, 0.2) is 0 Å². The minimum absolute atomic E-state index is 0.313. The highest BCUT2D eigenvalue weighted by molar-refractivity contribution is 9.10. The highest BCUT2D eigenvalue weighted by Crippen LogP contribution is 2.24. The lowest BCUT2D eigenvalue weighted by Gasteiger charge is -2.07. The number of nitrogens with zero attached hydrogens (tertiary/aromatic N) is 1. The van der Waals surface area contributed by atoms with Gasteiger partial charge >= 0.3 is 5.97 Å². The monoisotopic (exact) mass is 345 g/mol. The number of alkyl halides is 1. The molecule has 0 aliphatic rings. The SMILES string of the molecule is CCOC(=O)c1cc(C#N)c(CBr)cc1Br. The Morgan fingerprint density at radius 2 is 2.25 bits per heavy atom. The highest BCUT2D eigenvalue weighted by Gasteiger charge is 2.14. The van der Waals surface area contributed by atoms with Crippen molar-refractivity contribution in [2.24, 2.45) is 0 Å². The Morgan fingerprint density at radius 3 is 2.75 bits per heavy atom. The minimum atomic E-state index is -0.424. The molecule has 0 saturated carbocycles. The molecule has 3 nitrogen and oxygen atoms in total. The lowest BCUT2D eigenvalue weighted by atomic mass is 10.1. The van der Waals surface area contributed by atoms with E-state index in [4.69, 9.17) is 10.00 Å². The summed E-state index contributed by atoms with van der Waals surface area (Å²) >= 11 is 6.58. The summed E-state index contributed by atoms with van der Waals surface area (Å²) in [5.74, 6) is -0.424. The van der Waals surface area contributed by atoms with Crippen LogP contribution < -0.4 is 0 Å². The number of ether oxygens (including phenoxy) is 1. The van der Waals surface area contributed by atoms with Crippen LogP contribution in [0.2, 0.25) is 0 Å². The second kappa shape index (κ2) is 6.02. The van der Waals surface area contributed by atoms with Crippen LogP contribution in [0.15, 0.2) is 16.6 Å². The van der Waals surface area contributed by atoms with E-state index in [1.165, 1.54) is 0 Å². The summed E-state index contributed by atoms with van der Waals surface area (Å²) in [4.78, 5) is 11.6. The molecule has 0 fully saturated rings. The summed E-state index contributed by atoms with van der Waals surface area (Å²) < 4.78 is 5.53. The van der Waals surface area contributed by atoms with Crippen molar-refractivity contribution in [1.29, 1.82) is 5.26 Å². The maximum absolute atomic E-state index is 11.6. The van der Waals surface area contributed by atoms with Gasteiger partial charge in [-0.15, -0.1) is 0 Å². The Hall–Kier alpha value is -0.860. The maximum atomic E-state index is 11.6. The van der Waals surface area contributed by atoms with Crippen molar-refractivity contribution in [2.45, 2.75) is 12.3 Å². The molecule has 1 rings (SSSR count). The average Bonchev–Trinajstić information content (AvgIpc) is 2.28. The molecule has 0 aromatic heterocycles. The minimum Gasteiger partial charge on any atom is -0.462 e. The van der Waals surface area contributed by atoms with Gasteiger partial charge in [0.1, 0.15) is 0 Å². The van der Waals surface area contributed by atoms with Crippen molar-refractivity contribution in [3.63, 3.8) is 0 Å². The molecule has 84 valence electrons. The number of carbonyl (C=O) groups excluding carboxylic acids is 1. The van der Waals surface area contributed by atoms with Gasteiger partial charge in [-0.25, -0.2) is 4.79 Å². The summed E-state index contributed by atoms with van der Waals surface area (Å²) in [7, 11) is 0. The molecule has 0 heterocycles. The fraction of sp³-hybridized carbons (Fsp3) is 0.273. The molecule has 0 aliphatic carbocycles. The largest absolute Gasteiger partial charge is 0.462 e. The summed E-state index contributed by atoms with van der Waals surface area (Å²) in [6, 6.07) is 5.34. The van der Waals surface area contributed by atoms with Gasteiger partial charge in [-0.05, 0) is 40.5 Å². The standard InChI is InChI=1S/C11H9Br2NO2/c1-2-16-11(15)9-3-8(6-14)7(5-12)4-10(9)13/h3-4H,2,5H2,1H3. The van der Waals surface area contributed by atoms with E-state index in [1.807, 2.05) is 0 Å². The lowest BCUT2D eigenvalue weighted by Crippen LogP contribution is -2.06. The number of halogens is 2. The highest BCUT2D eigenvalue weighted by atomic mass is 79.9. The molecule has 0 bridgehead atoms. The predicted molar refractivity (Wildman–Crippen MR) is 67.4 cm³/mol. The van der Waals surface area contributed by atoms with Gasteiger partial charge in [-0.2, -0.15) is 5.26 Å². The van der Waals surface area contributed by atoms with E-state index >= 15 is 0 Å². The molecule has 0 radical (unpaired) electrons. The van der Waals surface area contributed by atoms with Gasteiger partial charge in [0.05, 0.1) is 23.8 Å². The summed E-state index contributed by atoms with van der Waals surface area (Å²) in [5.41, 5.74) is 1.69. The molecular formula is C11H9Br2NO2. The van der Waals surface area contributed by atoms with Crippen LogP contribution in [0.5, 0.6) is 0 Å². The normalized spacial score (nSPS) is 9.62. The van der Waals surface area contributed by atoms with Crippen LogP contribution in [0.25, 0.3) is 0 Å². The molecule has 5 heteroatoms. The molecule has 0 amide bonds. The van der Waals surface area contributed by atoms with E-state index in [2.05, 4.69) is 37.9 Å². The smallest absolute Gasteiger partial charge is 0.339 e. The summed E-state index contributed by atoms with van der Waals surface area (Å²) in [5, 5.41) is 9.51. The lowest BCUT2D eigenvalue weighted by molar-refractivity contribution is 0.0525. The zero-order valence-electron chi connectivity index (χ0n) is 8.59. The van der Waals surface area contributed by atoms with Crippen LogP contribution in [-0.2, 0) is 10.1 Å². The van der Waals surface area contributed by atoms with Crippen LogP contribution in [0.1, 0.15) is 28.4 Å². The topological polar surface area (TPSA) is 50.1 Å². The van der Waals surface area contributed by atoms with Gasteiger partial charge in [0.25, 0.3) is 0 Å². The third-order valence-electron chi connectivity index (χ3n) is 1.95. The van der Waals surface area contributed by atoms with Crippen LogP contribution in [0, 0.1) is 11.3 Å². The van der Waals surface area contributed by atoms with E-state index in [-0.39, 0.29) is 0 Å².